The number of hydrogen-bond acceptors (Lipinski definition) is 5. The molecular weight excluding hydrogens is 293 g/mol. The van der Waals surface area contributed by atoms with Crippen LogP contribution in [0.25, 0.3) is 0 Å². The van der Waals surface area contributed by atoms with E-state index in [1.807, 2.05) is 5.38 Å². The van der Waals surface area contributed by atoms with E-state index in [-0.39, 0.29) is 12.6 Å². The number of thiazole rings is 1. The molecule has 20 heavy (non-hydrogen) atoms. The first-order valence-corrected chi connectivity index (χ1v) is 7.23. The van der Waals surface area contributed by atoms with E-state index < -0.39 is 18.8 Å². The van der Waals surface area contributed by atoms with E-state index in [4.69, 9.17) is 9.84 Å². The van der Waals surface area contributed by atoms with Gasteiger partial charge in [0.15, 0.2) is 6.10 Å². The van der Waals surface area contributed by atoms with E-state index >= 15 is 0 Å². The number of hydrogen-bond donors (Lipinski definition) is 1. The van der Waals surface area contributed by atoms with E-state index in [0.29, 0.717) is 5.69 Å². The third-order valence-corrected chi connectivity index (χ3v) is 4.05. The van der Waals surface area contributed by atoms with Crippen molar-refractivity contribution in [3.8, 4) is 0 Å². The lowest BCUT2D eigenvalue weighted by molar-refractivity contribution is -0.207. The van der Waals surface area contributed by atoms with Gasteiger partial charge in [0.2, 0.25) is 0 Å². The van der Waals surface area contributed by atoms with Crippen molar-refractivity contribution in [1.82, 2.24) is 9.88 Å². The average Bonchev–Trinajstić information content (AvgIpc) is 2.96. The van der Waals surface area contributed by atoms with Crippen molar-refractivity contribution in [2.24, 2.45) is 0 Å². The Balaban J connectivity index is 1.86. The summed E-state index contributed by atoms with van der Waals surface area (Å²) in [5.41, 5.74) is 0.706. The summed E-state index contributed by atoms with van der Waals surface area (Å²) in [6, 6.07) is 0. The highest BCUT2D eigenvalue weighted by Gasteiger charge is 2.38. The zero-order valence-corrected chi connectivity index (χ0v) is 11.9. The summed E-state index contributed by atoms with van der Waals surface area (Å²) < 4.78 is 42.3. The number of ether oxygens (including phenoxy) is 1. The van der Waals surface area contributed by atoms with Gasteiger partial charge in [-0.15, -0.1) is 11.3 Å². The maximum Gasteiger partial charge on any atom is 0.415 e. The van der Waals surface area contributed by atoms with Crippen molar-refractivity contribution < 1.29 is 23.0 Å². The van der Waals surface area contributed by atoms with E-state index in [1.54, 1.807) is 0 Å². The highest BCUT2D eigenvalue weighted by Crippen LogP contribution is 2.30. The second kappa shape index (κ2) is 6.38. The van der Waals surface area contributed by atoms with Crippen molar-refractivity contribution in [2.45, 2.75) is 37.8 Å². The largest absolute Gasteiger partial charge is 0.415 e. The van der Waals surface area contributed by atoms with Gasteiger partial charge in [0, 0.05) is 25.1 Å². The normalized spacial score (nSPS) is 21.6. The highest BCUT2D eigenvalue weighted by atomic mass is 32.1. The monoisotopic (exact) mass is 310 g/mol. The summed E-state index contributed by atoms with van der Waals surface area (Å²) in [6.07, 6.45) is -4.94. The molecule has 0 saturated carbocycles. The van der Waals surface area contributed by atoms with Gasteiger partial charge < -0.3 is 9.84 Å². The van der Waals surface area contributed by atoms with Crippen molar-refractivity contribution in [3.63, 3.8) is 0 Å². The highest BCUT2D eigenvalue weighted by molar-refractivity contribution is 7.09. The van der Waals surface area contributed by atoms with Crippen LogP contribution in [-0.4, -0.2) is 47.5 Å². The summed E-state index contributed by atoms with van der Waals surface area (Å²) in [7, 11) is 1.53. The van der Waals surface area contributed by atoms with E-state index in [2.05, 4.69) is 4.98 Å². The van der Waals surface area contributed by atoms with Gasteiger partial charge in [-0.25, -0.2) is 4.98 Å². The Morgan fingerprint density at radius 2 is 2.35 bits per heavy atom. The fourth-order valence-electron chi connectivity index (χ4n) is 2.06. The molecular formula is C12H17F3N2O2S. The molecule has 1 aliphatic heterocycles. The average molecular weight is 310 g/mol. The molecule has 1 aromatic rings. The second-order valence-electron chi connectivity index (χ2n) is 4.93. The van der Waals surface area contributed by atoms with Gasteiger partial charge in [0.1, 0.15) is 11.1 Å². The first-order chi connectivity index (χ1) is 9.36. The Hall–Kier alpha value is -0.700. The summed E-state index contributed by atoms with van der Waals surface area (Å²) in [5, 5.41) is 11.7. The maximum absolute atomic E-state index is 12.3. The van der Waals surface area contributed by atoms with Gasteiger partial charge >= 0.3 is 6.18 Å². The fourth-order valence-corrected chi connectivity index (χ4v) is 2.95. The number of likely N-dealkylation sites (N-methyl/N-ethyl adjacent to an activating group) is 1. The number of aliphatic hydroxyl groups excluding tert-OH is 1. The molecule has 8 heteroatoms. The zero-order chi connectivity index (χ0) is 14.8. The predicted molar refractivity (Wildman–Crippen MR) is 68.4 cm³/mol. The van der Waals surface area contributed by atoms with Crippen LogP contribution in [0.5, 0.6) is 0 Å². The Bertz CT molecular complexity index is 433. The maximum atomic E-state index is 12.3. The van der Waals surface area contributed by atoms with Crippen LogP contribution in [0.4, 0.5) is 13.2 Å². The third kappa shape index (κ3) is 4.15. The first kappa shape index (κ1) is 15.7. The van der Waals surface area contributed by atoms with Gasteiger partial charge in [0.05, 0.1) is 5.69 Å². The number of rotatable bonds is 5. The molecule has 4 nitrogen and oxygen atoms in total. The molecule has 0 aromatic carbocycles. The lowest BCUT2D eigenvalue weighted by atomic mass is 10.2. The SMILES string of the molecule is CN(Cc1csc(C2CCCO2)n1)CC(O)C(F)(F)F. The van der Waals surface area contributed by atoms with Crippen molar-refractivity contribution in [2.75, 3.05) is 20.2 Å². The lowest BCUT2D eigenvalue weighted by Gasteiger charge is -2.21. The topological polar surface area (TPSA) is 45.6 Å². The summed E-state index contributed by atoms with van der Waals surface area (Å²) >= 11 is 1.47. The molecule has 1 N–H and O–H groups in total. The fraction of sp³-hybridized carbons (Fsp3) is 0.750. The number of halogens is 3. The molecule has 0 spiro atoms. The quantitative estimate of drug-likeness (QED) is 0.907. The summed E-state index contributed by atoms with van der Waals surface area (Å²) in [6.45, 7) is 0.546. The standard InChI is InChI=1S/C12H17F3N2O2S/c1-17(6-10(18)12(13,14)15)5-8-7-20-11(16-8)9-3-2-4-19-9/h7,9-10,18H,2-6H2,1H3. The molecule has 0 bridgehead atoms. The number of aliphatic hydroxyl groups is 1. The van der Waals surface area contributed by atoms with Gasteiger partial charge in [-0.05, 0) is 19.9 Å². The zero-order valence-electron chi connectivity index (χ0n) is 11.1. The van der Waals surface area contributed by atoms with E-state index in [1.165, 1.54) is 23.3 Å². The van der Waals surface area contributed by atoms with Crippen LogP contribution in [0, 0.1) is 0 Å². The number of aromatic nitrogens is 1. The minimum Gasteiger partial charge on any atom is -0.382 e. The molecule has 0 aliphatic carbocycles. The van der Waals surface area contributed by atoms with Crippen molar-refractivity contribution in [1.29, 1.82) is 0 Å². The molecule has 2 rings (SSSR count). The molecule has 2 atom stereocenters. The Kier molecular flexibility index (Phi) is 5.00. The lowest BCUT2D eigenvalue weighted by Crippen LogP contribution is -2.39. The molecule has 1 fully saturated rings. The second-order valence-corrected chi connectivity index (χ2v) is 5.82. The molecule has 2 unspecified atom stereocenters. The van der Waals surface area contributed by atoms with Crippen molar-refractivity contribution >= 4 is 11.3 Å². The van der Waals surface area contributed by atoms with Gasteiger partial charge in [-0.3, -0.25) is 4.90 Å². The molecule has 114 valence electrons. The van der Waals surface area contributed by atoms with Gasteiger partial charge in [0.25, 0.3) is 0 Å². The molecule has 0 radical (unpaired) electrons. The summed E-state index contributed by atoms with van der Waals surface area (Å²) in [5.74, 6) is 0. The Morgan fingerprint density at radius 1 is 1.60 bits per heavy atom. The van der Waals surface area contributed by atoms with Gasteiger partial charge in [-0.2, -0.15) is 13.2 Å². The molecule has 1 aromatic heterocycles. The van der Waals surface area contributed by atoms with Crippen LogP contribution >= 0.6 is 11.3 Å². The minimum atomic E-state index is -4.58. The van der Waals surface area contributed by atoms with Crippen LogP contribution in [0.3, 0.4) is 0 Å². The number of nitrogens with zero attached hydrogens (tertiary/aromatic N) is 2. The Morgan fingerprint density at radius 3 is 2.95 bits per heavy atom. The van der Waals surface area contributed by atoms with Crippen LogP contribution < -0.4 is 0 Å². The summed E-state index contributed by atoms with van der Waals surface area (Å²) in [4.78, 5) is 5.80. The molecule has 2 heterocycles. The number of alkyl halides is 3. The van der Waals surface area contributed by atoms with E-state index in [9.17, 15) is 13.2 Å². The van der Waals surface area contributed by atoms with Crippen LogP contribution in [0.2, 0.25) is 0 Å². The molecule has 0 amide bonds. The van der Waals surface area contributed by atoms with Gasteiger partial charge in [-0.1, -0.05) is 0 Å². The van der Waals surface area contributed by atoms with Crippen LogP contribution in [0.1, 0.15) is 29.6 Å². The molecule has 1 saturated heterocycles. The predicted octanol–water partition coefficient (Wildman–Crippen LogP) is 2.35. The molecule has 1 aliphatic rings. The van der Waals surface area contributed by atoms with Crippen LogP contribution in [-0.2, 0) is 11.3 Å². The smallest absolute Gasteiger partial charge is 0.382 e. The van der Waals surface area contributed by atoms with Crippen molar-refractivity contribution in [3.05, 3.63) is 16.1 Å². The Labute approximate surface area is 119 Å². The first-order valence-electron chi connectivity index (χ1n) is 6.35. The van der Waals surface area contributed by atoms with E-state index in [0.717, 1.165) is 24.5 Å². The van der Waals surface area contributed by atoms with Crippen LogP contribution in [0.15, 0.2) is 5.38 Å². The third-order valence-electron chi connectivity index (χ3n) is 3.07. The minimum absolute atomic E-state index is 0.0276.